The maximum atomic E-state index is 13.2. The van der Waals surface area contributed by atoms with Crippen molar-refractivity contribution in [2.24, 2.45) is 5.92 Å². The van der Waals surface area contributed by atoms with E-state index >= 15 is 0 Å². The number of pyridine rings is 1. The molecule has 2 fully saturated rings. The summed E-state index contributed by atoms with van der Waals surface area (Å²) in [5, 5.41) is 4.07. The number of ether oxygens (including phenoxy) is 1. The highest BCUT2D eigenvalue weighted by Crippen LogP contribution is 2.35. The van der Waals surface area contributed by atoms with Crippen LogP contribution in [0.4, 0.5) is 0 Å². The van der Waals surface area contributed by atoms with Crippen molar-refractivity contribution in [1.82, 2.24) is 14.4 Å². The van der Waals surface area contributed by atoms with Crippen molar-refractivity contribution in [3.05, 3.63) is 56.1 Å². The Balaban J connectivity index is 1.33. The number of nitrogens with zero attached hydrogens (tertiary/aromatic N) is 3. The van der Waals surface area contributed by atoms with Gasteiger partial charge in [-0.15, -0.1) is 0 Å². The standard InChI is InChI=1S/C22H27N3O3S/c26-21(10-16-3-8-29-15-16)24-11-17-9-19(14-24)20-2-1-18(22(27)25(20)12-17)13-23-4-6-28-7-5-23/h1-3,8,15,17,19H,4-7,9-14H2/t17-,19+/m0/s1. The summed E-state index contributed by atoms with van der Waals surface area (Å²) in [6.45, 7) is 6.16. The molecule has 1 amide bonds. The van der Waals surface area contributed by atoms with E-state index in [9.17, 15) is 9.59 Å². The van der Waals surface area contributed by atoms with Crippen LogP contribution in [0.3, 0.4) is 0 Å². The summed E-state index contributed by atoms with van der Waals surface area (Å²) in [5.74, 6) is 0.834. The second-order valence-electron chi connectivity index (χ2n) is 8.49. The first-order valence-electron chi connectivity index (χ1n) is 10.5. The van der Waals surface area contributed by atoms with Crippen molar-refractivity contribution < 1.29 is 9.53 Å². The molecule has 7 heteroatoms. The van der Waals surface area contributed by atoms with Crippen LogP contribution in [0.25, 0.3) is 0 Å². The van der Waals surface area contributed by atoms with E-state index in [4.69, 9.17) is 4.74 Å². The molecule has 2 bridgehead atoms. The molecule has 5 rings (SSSR count). The molecule has 6 nitrogen and oxygen atoms in total. The molecule has 2 saturated heterocycles. The van der Waals surface area contributed by atoms with Crippen molar-refractivity contribution in [3.8, 4) is 0 Å². The van der Waals surface area contributed by atoms with E-state index in [2.05, 4.69) is 11.0 Å². The molecule has 0 unspecified atom stereocenters. The highest BCUT2D eigenvalue weighted by atomic mass is 32.1. The van der Waals surface area contributed by atoms with Gasteiger partial charge in [0.25, 0.3) is 5.56 Å². The molecule has 154 valence electrons. The predicted molar refractivity (Wildman–Crippen MR) is 112 cm³/mol. The van der Waals surface area contributed by atoms with Crippen LogP contribution in [-0.2, 0) is 29.0 Å². The van der Waals surface area contributed by atoms with Crippen LogP contribution >= 0.6 is 11.3 Å². The van der Waals surface area contributed by atoms with Crippen LogP contribution in [0, 0.1) is 5.92 Å². The number of amides is 1. The largest absolute Gasteiger partial charge is 0.379 e. The number of morpholine rings is 1. The normalized spacial score (nSPS) is 24.3. The first-order valence-corrected chi connectivity index (χ1v) is 11.4. The molecule has 5 heterocycles. The van der Waals surface area contributed by atoms with Gasteiger partial charge in [0, 0.05) is 56.4 Å². The summed E-state index contributed by atoms with van der Waals surface area (Å²) >= 11 is 1.63. The highest BCUT2D eigenvalue weighted by molar-refractivity contribution is 7.08. The lowest BCUT2D eigenvalue weighted by Gasteiger charge is -2.43. The van der Waals surface area contributed by atoms with Crippen LogP contribution in [0.1, 0.15) is 29.2 Å². The van der Waals surface area contributed by atoms with Crippen molar-refractivity contribution >= 4 is 17.2 Å². The number of carbonyl (C=O) groups is 1. The highest BCUT2D eigenvalue weighted by Gasteiger charge is 2.36. The number of fused-ring (bicyclic) bond motifs is 4. The van der Waals surface area contributed by atoms with Gasteiger partial charge in [-0.25, -0.2) is 0 Å². The Hall–Kier alpha value is -1.96. The third-order valence-electron chi connectivity index (χ3n) is 6.47. The summed E-state index contributed by atoms with van der Waals surface area (Å²) in [5.41, 5.74) is 3.23. The molecule has 29 heavy (non-hydrogen) atoms. The molecular weight excluding hydrogens is 386 g/mol. The van der Waals surface area contributed by atoms with E-state index in [1.807, 2.05) is 32.4 Å². The summed E-state index contributed by atoms with van der Waals surface area (Å²) in [6.07, 6.45) is 1.55. The number of likely N-dealkylation sites (tertiary alicyclic amines) is 1. The molecule has 2 atom stereocenters. The Kier molecular flexibility index (Phi) is 5.28. The van der Waals surface area contributed by atoms with Gasteiger partial charge in [0.05, 0.1) is 19.6 Å². The van der Waals surface area contributed by atoms with E-state index < -0.39 is 0 Å². The number of rotatable bonds is 4. The topological polar surface area (TPSA) is 54.8 Å². The minimum absolute atomic E-state index is 0.154. The van der Waals surface area contributed by atoms with E-state index in [1.165, 1.54) is 0 Å². The van der Waals surface area contributed by atoms with Crippen molar-refractivity contribution in [2.75, 3.05) is 39.4 Å². The van der Waals surface area contributed by atoms with Gasteiger partial charge in [0.2, 0.25) is 5.91 Å². The van der Waals surface area contributed by atoms with Crippen LogP contribution < -0.4 is 5.56 Å². The van der Waals surface area contributed by atoms with Crippen molar-refractivity contribution in [2.45, 2.75) is 31.8 Å². The molecule has 0 spiro atoms. The van der Waals surface area contributed by atoms with Gasteiger partial charge in [-0.1, -0.05) is 6.07 Å². The van der Waals surface area contributed by atoms with Gasteiger partial charge in [-0.2, -0.15) is 11.3 Å². The molecule has 0 N–H and O–H groups in total. The lowest BCUT2D eigenvalue weighted by atomic mass is 9.82. The lowest BCUT2D eigenvalue weighted by Crippen LogP contribution is -2.50. The van der Waals surface area contributed by atoms with Gasteiger partial charge in [-0.05, 0) is 40.8 Å². The van der Waals surface area contributed by atoms with Crippen LogP contribution in [0.2, 0.25) is 0 Å². The second-order valence-corrected chi connectivity index (χ2v) is 9.27. The maximum absolute atomic E-state index is 13.2. The molecular formula is C22H27N3O3S. The minimum atomic E-state index is 0.154. The van der Waals surface area contributed by atoms with Crippen LogP contribution in [0.15, 0.2) is 33.8 Å². The molecule has 3 aliphatic rings. The van der Waals surface area contributed by atoms with Gasteiger partial charge in [0.1, 0.15) is 0 Å². The van der Waals surface area contributed by atoms with Gasteiger partial charge >= 0.3 is 0 Å². The molecule has 2 aromatic heterocycles. The van der Waals surface area contributed by atoms with Crippen molar-refractivity contribution in [3.63, 3.8) is 0 Å². The third-order valence-corrected chi connectivity index (χ3v) is 7.20. The predicted octanol–water partition coefficient (Wildman–Crippen LogP) is 1.93. The van der Waals surface area contributed by atoms with Gasteiger partial charge < -0.3 is 14.2 Å². The lowest BCUT2D eigenvalue weighted by molar-refractivity contribution is -0.133. The Labute approximate surface area is 174 Å². The fraction of sp³-hybridized carbons (Fsp3) is 0.545. The van der Waals surface area contributed by atoms with E-state index in [1.54, 1.807) is 11.3 Å². The monoisotopic (exact) mass is 413 g/mol. The Morgan fingerprint density at radius 2 is 2.00 bits per heavy atom. The molecule has 3 aliphatic heterocycles. The molecule has 0 aromatic carbocycles. The fourth-order valence-electron chi connectivity index (χ4n) is 4.99. The summed E-state index contributed by atoms with van der Waals surface area (Å²) in [6, 6.07) is 6.17. The first kappa shape index (κ1) is 19.0. The summed E-state index contributed by atoms with van der Waals surface area (Å²) in [7, 11) is 0. The van der Waals surface area contributed by atoms with Gasteiger partial charge in [-0.3, -0.25) is 14.5 Å². The molecule has 0 radical (unpaired) electrons. The van der Waals surface area contributed by atoms with E-state index in [0.29, 0.717) is 18.9 Å². The Bertz CT molecular complexity index is 933. The van der Waals surface area contributed by atoms with Crippen molar-refractivity contribution in [1.29, 1.82) is 0 Å². The zero-order chi connectivity index (χ0) is 19.8. The first-order chi connectivity index (χ1) is 14.2. The Morgan fingerprint density at radius 1 is 1.14 bits per heavy atom. The quantitative estimate of drug-likeness (QED) is 0.769. The average molecular weight is 414 g/mol. The van der Waals surface area contributed by atoms with Crippen LogP contribution in [0.5, 0.6) is 0 Å². The summed E-state index contributed by atoms with van der Waals surface area (Å²) in [4.78, 5) is 30.3. The zero-order valence-electron chi connectivity index (χ0n) is 16.6. The summed E-state index contributed by atoms with van der Waals surface area (Å²) < 4.78 is 7.41. The van der Waals surface area contributed by atoms with Gasteiger partial charge in [0.15, 0.2) is 0 Å². The number of carbonyl (C=O) groups excluding carboxylic acids is 1. The van der Waals surface area contributed by atoms with E-state index in [-0.39, 0.29) is 17.4 Å². The Morgan fingerprint density at radius 3 is 2.79 bits per heavy atom. The zero-order valence-corrected chi connectivity index (χ0v) is 17.4. The van der Waals surface area contributed by atoms with Crippen LogP contribution in [-0.4, -0.2) is 59.7 Å². The maximum Gasteiger partial charge on any atom is 0.255 e. The second kappa shape index (κ2) is 8.05. The number of thiophene rings is 1. The molecule has 2 aromatic rings. The number of piperidine rings is 1. The molecule has 0 saturated carbocycles. The SMILES string of the molecule is O=C(Cc1ccsc1)N1C[C@@H]2C[C@H](C1)c1ccc(CN3CCOCC3)c(=O)n1C2. The number of hydrogen-bond donors (Lipinski definition) is 0. The van der Waals surface area contributed by atoms with E-state index in [0.717, 1.165) is 69.2 Å². The molecule has 0 aliphatic carbocycles. The minimum Gasteiger partial charge on any atom is -0.379 e. The fourth-order valence-corrected chi connectivity index (χ4v) is 5.66. The average Bonchev–Trinajstić information content (AvgIpc) is 3.24. The third kappa shape index (κ3) is 3.91. The number of hydrogen-bond acceptors (Lipinski definition) is 5. The number of aromatic nitrogens is 1. The smallest absolute Gasteiger partial charge is 0.255 e.